The van der Waals surface area contributed by atoms with E-state index in [2.05, 4.69) is 28.3 Å². The van der Waals surface area contributed by atoms with Crippen molar-refractivity contribution >= 4 is 15.9 Å². The molecule has 1 aromatic rings. The zero-order chi connectivity index (χ0) is 12.0. The molecule has 0 amide bonds. The van der Waals surface area contributed by atoms with Gasteiger partial charge < -0.3 is 0 Å². The summed E-state index contributed by atoms with van der Waals surface area (Å²) in [7, 11) is 0. The molecule has 16 heavy (non-hydrogen) atoms. The van der Waals surface area contributed by atoms with Gasteiger partial charge in [0.05, 0.1) is 0 Å². The molecule has 0 aliphatic carbocycles. The van der Waals surface area contributed by atoms with E-state index in [1.165, 1.54) is 6.07 Å². The molecule has 0 radical (unpaired) electrons. The SMILES string of the molecule is CCCCC(Cc1cc(Br)ccc1F)NN. The van der Waals surface area contributed by atoms with Gasteiger partial charge in [0.15, 0.2) is 0 Å². The second-order valence-corrected chi connectivity index (χ2v) is 4.86. The van der Waals surface area contributed by atoms with Crippen molar-refractivity contribution in [3.63, 3.8) is 0 Å². The van der Waals surface area contributed by atoms with Crippen LogP contribution < -0.4 is 11.3 Å². The van der Waals surface area contributed by atoms with E-state index in [0.717, 1.165) is 23.7 Å². The summed E-state index contributed by atoms with van der Waals surface area (Å²) in [5.74, 6) is 5.30. The van der Waals surface area contributed by atoms with E-state index < -0.39 is 0 Å². The fourth-order valence-corrected chi connectivity index (χ4v) is 2.07. The maximum atomic E-state index is 13.5. The Hall–Kier alpha value is -0.450. The summed E-state index contributed by atoms with van der Waals surface area (Å²) in [6, 6.07) is 5.14. The highest BCUT2D eigenvalue weighted by Gasteiger charge is 2.10. The molecular formula is C12H18BrFN2. The van der Waals surface area contributed by atoms with E-state index >= 15 is 0 Å². The third kappa shape index (κ3) is 4.20. The first-order valence-corrected chi connectivity index (χ1v) is 6.36. The Bertz CT molecular complexity index is 331. The van der Waals surface area contributed by atoms with E-state index in [4.69, 9.17) is 5.84 Å². The van der Waals surface area contributed by atoms with Gasteiger partial charge in [0.25, 0.3) is 0 Å². The molecule has 2 nitrogen and oxygen atoms in total. The topological polar surface area (TPSA) is 38.0 Å². The van der Waals surface area contributed by atoms with Crippen LogP contribution in [0.2, 0.25) is 0 Å². The Morgan fingerprint density at radius 1 is 1.50 bits per heavy atom. The van der Waals surface area contributed by atoms with Crippen LogP contribution >= 0.6 is 15.9 Å². The van der Waals surface area contributed by atoms with Crippen molar-refractivity contribution < 1.29 is 4.39 Å². The van der Waals surface area contributed by atoms with Crippen molar-refractivity contribution in [1.82, 2.24) is 5.43 Å². The number of rotatable bonds is 6. The number of nitrogens with two attached hydrogens (primary N) is 1. The smallest absolute Gasteiger partial charge is 0.126 e. The molecule has 1 atom stereocenters. The van der Waals surface area contributed by atoms with Gasteiger partial charge in [-0.1, -0.05) is 35.7 Å². The van der Waals surface area contributed by atoms with Crippen LogP contribution in [-0.2, 0) is 6.42 Å². The summed E-state index contributed by atoms with van der Waals surface area (Å²) >= 11 is 3.34. The maximum absolute atomic E-state index is 13.5. The van der Waals surface area contributed by atoms with Gasteiger partial charge in [0.1, 0.15) is 5.82 Å². The lowest BCUT2D eigenvalue weighted by molar-refractivity contribution is 0.464. The normalized spacial score (nSPS) is 12.8. The van der Waals surface area contributed by atoms with Crippen molar-refractivity contribution in [2.75, 3.05) is 0 Å². The second-order valence-electron chi connectivity index (χ2n) is 3.95. The quantitative estimate of drug-likeness (QED) is 0.623. The molecule has 1 rings (SSSR count). The number of benzene rings is 1. The highest BCUT2D eigenvalue weighted by Crippen LogP contribution is 2.18. The lowest BCUT2D eigenvalue weighted by atomic mass is 10.0. The van der Waals surface area contributed by atoms with Crippen LogP contribution in [0.15, 0.2) is 22.7 Å². The van der Waals surface area contributed by atoms with Gasteiger partial charge in [0, 0.05) is 10.5 Å². The molecule has 0 aromatic heterocycles. The number of halogens is 2. The highest BCUT2D eigenvalue weighted by molar-refractivity contribution is 9.10. The molecule has 90 valence electrons. The summed E-state index contributed by atoms with van der Waals surface area (Å²) in [6.45, 7) is 2.13. The minimum atomic E-state index is -0.167. The molecule has 4 heteroatoms. The molecule has 0 fully saturated rings. The van der Waals surface area contributed by atoms with Crippen LogP contribution in [0.3, 0.4) is 0 Å². The maximum Gasteiger partial charge on any atom is 0.126 e. The third-order valence-corrected chi connectivity index (χ3v) is 3.11. The molecule has 0 saturated heterocycles. The van der Waals surface area contributed by atoms with Crippen LogP contribution in [-0.4, -0.2) is 6.04 Å². The van der Waals surface area contributed by atoms with Gasteiger partial charge in [-0.2, -0.15) is 0 Å². The predicted molar refractivity (Wildman–Crippen MR) is 68.4 cm³/mol. The van der Waals surface area contributed by atoms with Crippen molar-refractivity contribution in [1.29, 1.82) is 0 Å². The molecule has 1 unspecified atom stereocenters. The lowest BCUT2D eigenvalue weighted by Gasteiger charge is -2.16. The van der Waals surface area contributed by atoms with Crippen molar-refractivity contribution in [3.05, 3.63) is 34.1 Å². The molecule has 0 heterocycles. The van der Waals surface area contributed by atoms with Gasteiger partial charge in [-0.15, -0.1) is 0 Å². The minimum absolute atomic E-state index is 0.142. The Balaban J connectivity index is 2.65. The Morgan fingerprint density at radius 3 is 2.88 bits per heavy atom. The van der Waals surface area contributed by atoms with E-state index in [1.807, 2.05) is 6.07 Å². The summed E-state index contributed by atoms with van der Waals surface area (Å²) in [6.07, 6.45) is 3.82. The van der Waals surface area contributed by atoms with Crippen molar-refractivity contribution in [3.8, 4) is 0 Å². The summed E-state index contributed by atoms with van der Waals surface area (Å²) < 4.78 is 14.4. The molecule has 0 aliphatic rings. The number of hydrogen-bond acceptors (Lipinski definition) is 2. The van der Waals surface area contributed by atoms with Gasteiger partial charge in [0.2, 0.25) is 0 Å². The van der Waals surface area contributed by atoms with Gasteiger partial charge in [-0.05, 0) is 36.6 Å². The molecular weight excluding hydrogens is 271 g/mol. The van der Waals surface area contributed by atoms with Gasteiger partial charge in [-0.3, -0.25) is 11.3 Å². The standard InChI is InChI=1S/C12H18BrFN2/c1-2-3-4-11(16-15)8-9-7-10(13)5-6-12(9)14/h5-7,11,16H,2-4,8,15H2,1H3. The van der Waals surface area contributed by atoms with E-state index in [-0.39, 0.29) is 11.9 Å². The first-order valence-electron chi connectivity index (χ1n) is 5.57. The van der Waals surface area contributed by atoms with E-state index in [1.54, 1.807) is 6.07 Å². The zero-order valence-corrected chi connectivity index (χ0v) is 11.1. The minimum Gasteiger partial charge on any atom is -0.271 e. The highest BCUT2D eigenvalue weighted by atomic mass is 79.9. The fourth-order valence-electron chi connectivity index (χ4n) is 1.66. The molecule has 0 spiro atoms. The molecule has 0 saturated carbocycles. The first kappa shape index (κ1) is 13.6. The van der Waals surface area contributed by atoms with Crippen molar-refractivity contribution in [2.45, 2.75) is 38.6 Å². The summed E-state index contributed by atoms with van der Waals surface area (Å²) in [4.78, 5) is 0. The summed E-state index contributed by atoms with van der Waals surface area (Å²) in [5, 5.41) is 0. The van der Waals surface area contributed by atoms with E-state index in [0.29, 0.717) is 12.0 Å². The Kier molecular flexibility index (Phi) is 5.95. The number of hydrazine groups is 1. The zero-order valence-electron chi connectivity index (χ0n) is 9.47. The van der Waals surface area contributed by atoms with Crippen LogP contribution in [0.25, 0.3) is 0 Å². The second kappa shape index (κ2) is 6.99. The van der Waals surface area contributed by atoms with Gasteiger partial charge >= 0.3 is 0 Å². The van der Waals surface area contributed by atoms with Crippen LogP contribution in [0.1, 0.15) is 31.7 Å². The van der Waals surface area contributed by atoms with E-state index in [9.17, 15) is 4.39 Å². The molecule has 0 aliphatic heterocycles. The van der Waals surface area contributed by atoms with Gasteiger partial charge in [-0.25, -0.2) is 4.39 Å². The number of unbranched alkanes of at least 4 members (excludes halogenated alkanes) is 1. The largest absolute Gasteiger partial charge is 0.271 e. The molecule has 0 bridgehead atoms. The Labute approximate surface area is 105 Å². The first-order chi connectivity index (χ1) is 7.67. The number of nitrogens with one attached hydrogen (secondary N) is 1. The lowest BCUT2D eigenvalue weighted by Crippen LogP contribution is -2.36. The van der Waals surface area contributed by atoms with Crippen LogP contribution in [0.5, 0.6) is 0 Å². The van der Waals surface area contributed by atoms with Crippen LogP contribution in [0.4, 0.5) is 4.39 Å². The van der Waals surface area contributed by atoms with Crippen LogP contribution in [0, 0.1) is 5.82 Å². The number of hydrogen-bond donors (Lipinski definition) is 2. The summed E-state index contributed by atoms with van der Waals surface area (Å²) in [5.41, 5.74) is 3.45. The Morgan fingerprint density at radius 2 is 2.25 bits per heavy atom. The fraction of sp³-hybridized carbons (Fsp3) is 0.500. The molecule has 3 N–H and O–H groups in total. The third-order valence-electron chi connectivity index (χ3n) is 2.62. The molecule has 1 aromatic carbocycles. The average molecular weight is 289 g/mol. The predicted octanol–water partition coefficient (Wildman–Crippen LogP) is 3.15. The van der Waals surface area contributed by atoms with Crippen molar-refractivity contribution in [2.24, 2.45) is 5.84 Å². The average Bonchev–Trinajstić information content (AvgIpc) is 2.28. The monoisotopic (exact) mass is 288 g/mol.